The van der Waals surface area contributed by atoms with Gasteiger partial charge >= 0.3 is 5.97 Å². The molecule has 2 aromatic carbocycles. The van der Waals surface area contributed by atoms with E-state index >= 15 is 0 Å². The van der Waals surface area contributed by atoms with Gasteiger partial charge in [0.15, 0.2) is 11.5 Å². The number of carbonyl (C=O) groups is 2. The van der Waals surface area contributed by atoms with Crippen LogP contribution in [0, 0.1) is 6.92 Å². The van der Waals surface area contributed by atoms with Gasteiger partial charge in [0.1, 0.15) is 5.75 Å². The van der Waals surface area contributed by atoms with Crippen LogP contribution in [0.2, 0.25) is 0 Å². The lowest BCUT2D eigenvalue weighted by atomic mass is 10.1. The van der Waals surface area contributed by atoms with Crippen LogP contribution in [0.15, 0.2) is 42.5 Å². The number of ether oxygens (including phenoxy) is 2. The first kappa shape index (κ1) is 18.9. The molecule has 3 N–H and O–H groups in total. The Kier molecular flexibility index (Phi) is 6.21. The average Bonchev–Trinajstić information content (AvgIpc) is 2.59. The minimum Gasteiger partial charge on any atom is -0.508 e. The Morgan fingerprint density at radius 1 is 1.08 bits per heavy atom. The van der Waals surface area contributed by atoms with Gasteiger partial charge in [-0.25, -0.2) is 4.79 Å². The lowest BCUT2D eigenvalue weighted by molar-refractivity contribution is -0.174. The molecular weight excluding hydrogens is 340 g/mol. The van der Waals surface area contributed by atoms with Crippen LogP contribution in [0.4, 0.5) is 0 Å². The highest BCUT2D eigenvalue weighted by Crippen LogP contribution is 2.25. The molecule has 7 nitrogen and oxygen atoms in total. The molecule has 7 heteroatoms. The molecule has 0 radical (unpaired) electrons. The number of rotatable bonds is 7. The molecule has 26 heavy (non-hydrogen) atoms. The van der Waals surface area contributed by atoms with E-state index < -0.39 is 12.3 Å². The molecule has 0 aliphatic rings. The Bertz CT molecular complexity index is 827. The second-order valence-electron chi connectivity index (χ2n) is 5.51. The molecule has 0 amide bonds. The lowest BCUT2D eigenvalue weighted by Crippen LogP contribution is -2.22. The second-order valence-corrected chi connectivity index (χ2v) is 5.51. The van der Waals surface area contributed by atoms with E-state index in [1.165, 1.54) is 36.4 Å². The maximum absolute atomic E-state index is 11.9. The minimum atomic E-state index is -1.19. The van der Waals surface area contributed by atoms with Crippen molar-refractivity contribution in [1.82, 2.24) is 0 Å². The molecule has 0 unspecified atom stereocenters. The van der Waals surface area contributed by atoms with Gasteiger partial charge in [0.2, 0.25) is 0 Å². The quantitative estimate of drug-likeness (QED) is 0.229. The summed E-state index contributed by atoms with van der Waals surface area (Å²) in [6.45, 7) is 1.89. The van der Waals surface area contributed by atoms with E-state index in [2.05, 4.69) is 0 Å². The van der Waals surface area contributed by atoms with Crippen molar-refractivity contribution in [2.45, 2.75) is 19.6 Å². The molecule has 0 aliphatic carbocycles. The summed E-state index contributed by atoms with van der Waals surface area (Å²) < 4.78 is 9.81. The zero-order valence-electron chi connectivity index (χ0n) is 14.0. The predicted molar refractivity (Wildman–Crippen MR) is 92.4 cm³/mol. The van der Waals surface area contributed by atoms with Gasteiger partial charge in [0, 0.05) is 12.5 Å². The lowest BCUT2D eigenvalue weighted by Gasteiger charge is -2.15. The molecule has 2 rings (SSSR count). The predicted octanol–water partition coefficient (Wildman–Crippen LogP) is 2.41. The third kappa shape index (κ3) is 5.27. The number of esters is 1. The molecule has 0 aliphatic heterocycles. The third-order valence-electron chi connectivity index (χ3n) is 3.53. The molecule has 0 saturated heterocycles. The van der Waals surface area contributed by atoms with Crippen LogP contribution in [0.3, 0.4) is 0 Å². The average molecular weight is 358 g/mol. The highest BCUT2D eigenvalue weighted by Gasteiger charge is 2.15. The van der Waals surface area contributed by atoms with E-state index in [0.29, 0.717) is 16.7 Å². The van der Waals surface area contributed by atoms with Crippen molar-refractivity contribution in [3.8, 4) is 17.2 Å². The Labute approximate surface area is 149 Å². The summed E-state index contributed by atoms with van der Waals surface area (Å²) in [5, 5.41) is 28.3. The summed E-state index contributed by atoms with van der Waals surface area (Å²) in [7, 11) is 0. The van der Waals surface area contributed by atoms with Gasteiger partial charge < -0.3 is 24.8 Å². The third-order valence-corrected chi connectivity index (χ3v) is 3.53. The van der Waals surface area contributed by atoms with Gasteiger partial charge in [-0.05, 0) is 54.0 Å². The van der Waals surface area contributed by atoms with E-state index in [9.17, 15) is 24.9 Å². The van der Waals surface area contributed by atoms with Crippen LogP contribution in [-0.4, -0.2) is 34.1 Å². The molecule has 0 heterocycles. The molecule has 1 atom stereocenters. The van der Waals surface area contributed by atoms with Gasteiger partial charge in [0.25, 0.3) is 12.8 Å². The normalized spacial score (nSPS) is 11.9. The fourth-order valence-corrected chi connectivity index (χ4v) is 2.18. The van der Waals surface area contributed by atoms with Gasteiger partial charge in [-0.1, -0.05) is 12.1 Å². The number of phenolic OH excluding ortho intramolecular Hbond substituents is 3. The smallest absolute Gasteiger partial charge is 0.333 e. The number of carbonyl (C=O) groups excluding carboxylic acids is 2. The topological polar surface area (TPSA) is 113 Å². The Balaban J connectivity index is 2.02. The summed E-state index contributed by atoms with van der Waals surface area (Å²) in [5.41, 5.74) is 1.85. The zero-order chi connectivity index (χ0) is 19.1. The SMILES string of the molecule is Cc1cc(/C=C/C(=O)O[C@H](Cc2ccc(O)c(O)c2)OC=O)ccc1O. The van der Waals surface area contributed by atoms with Crippen LogP contribution in [0.5, 0.6) is 17.2 Å². The maximum atomic E-state index is 11.9. The van der Waals surface area contributed by atoms with E-state index in [0.717, 1.165) is 0 Å². The molecule has 0 spiro atoms. The van der Waals surface area contributed by atoms with Crippen molar-refractivity contribution in [2.75, 3.05) is 0 Å². The van der Waals surface area contributed by atoms with Gasteiger partial charge in [-0.15, -0.1) is 0 Å². The molecule has 2 aromatic rings. The van der Waals surface area contributed by atoms with Gasteiger partial charge in [-0.2, -0.15) is 0 Å². The van der Waals surface area contributed by atoms with E-state index in [4.69, 9.17) is 9.47 Å². The number of benzene rings is 2. The van der Waals surface area contributed by atoms with Crippen molar-refractivity contribution in [3.63, 3.8) is 0 Å². The summed E-state index contributed by atoms with van der Waals surface area (Å²) in [6.07, 6.45) is 1.49. The molecule has 0 fully saturated rings. The Morgan fingerprint density at radius 2 is 1.81 bits per heavy atom. The fraction of sp³-hybridized carbons (Fsp3) is 0.158. The zero-order valence-corrected chi connectivity index (χ0v) is 14.0. The van der Waals surface area contributed by atoms with Crippen molar-refractivity contribution in [3.05, 3.63) is 59.2 Å². The molecule has 0 bridgehead atoms. The first-order chi connectivity index (χ1) is 12.4. The highest BCUT2D eigenvalue weighted by molar-refractivity contribution is 5.87. The number of hydrogen-bond donors (Lipinski definition) is 3. The molecule has 0 saturated carbocycles. The largest absolute Gasteiger partial charge is 0.508 e. The van der Waals surface area contributed by atoms with Crippen molar-refractivity contribution >= 4 is 18.5 Å². The van der Waals surface area contributed by atoms with E-state index in [1.807, 2.05) is 0 Å². The van der Waals surface area contributed by atoms with E-state index in [1.54, 1.807) is 19.1 Å². The number of phenols is 3. The number of aromatic hydroxyl groups is 3. The first-order valence-corrected chi connectivity index (χ1v) is 7.67. The number of hydrogen-bond acceptors (Lipinski definition) is 7. The van der Waals surface area contributed by atoms with Crippen LogP contribution >= 0.6 is 0 Å². The van der Waals surface area contributed by atoms with Crippen molar-refractivity contribution < 1.29 is 34.4 Å². The summed E-state index contributed by atoms with van der Waals surface area (Å²) >= 11 is 0. The molecule has 136 valence electrons. The minimum absolute atomic E-state index is 0.00444. The van der Waals surface area contributed by atoms with Crippen LogP contribution in [0.25, 0.3) is 6.08 Å². The van der Waals surface area contributed by atoms with Crippen LogP contribution < -0.4 is 0 Å². The fourth-order valence-electron chi connectivity index (χ4n) is 2.18. The van der Waals surface area contributed by atoms with Gasteiger partial charge in [-0.3, -0.25) is 4.79 Å². The van der Waals surface area contributed by atoms with E-state index in [-0.39, 0.29) is 30.1 Å². The maximum Gasteiger partial charge on any atom is 0.333 e. The van der Waals surface area contributed by atoms with Crippen molar-refractivity contribution in [1.29, 1.82) is 0 Å². The molecule has 0 aromatic heterocycles. The Hall–Kier alpha value is -3.48. The Morgan fingerprint density at radius 3 is 2.46 bits per heavy atom. The monoisotopic (exact) mass is 358 g/mol. The second kappa shape index (κ2) is 8.57. The summed E-state index contributed by atoms with van der Waals surface area (Å²) in [4.78, 5) is 22.5. The molecular formula is C19H18O7. The van der Waals surface area contributed by atoms with Crippen LogP contribution in [-0.2, 0) is 25.5 Å². The first-order valence-electron chi connectivity index (χ1n) is 7.67. The highest BCUT2D eigenvalue weighted by atomic mass is 16.7. The summed E-state index contributed by atoms with van der Waals surface area (Å²) in [6, 6.07) is 8.88. The van der Waals surface area contributed by atoms with Crippen molar-refractivity contribution in [2.24, 2.45) is 0 Å². The van der Waals surface area contributed by atoms with Gasteiger partial charge in [0.05, 0.1) is 0 Å². The summed E-state index contributed by atoms with van der Waals surface area (Å²) in [5.74, 6) is -1.20. The standard InChI is InChI=1S/C19H18O7/c1-12-8-13(2-5-15(12)21)4-7-18(24)26-19(25-11-20)10-14-3-6-16(22)17(23)9-14/h2-9,11,19,21-23H,10H2,1H3/b7-4+/t19-/m1/s1. The van der Waals surface area contributed by atoms with Crippen LogP contribution in [0.1, 0.15) is 16.7 Å². The number of aryl methyl sites for hydroxylation is 1.